The summed E-state index contributed by atoms with van der Waals surface area (Å²) in [4.78, 5) is 26.9. The molecule has 0 saturated heterocycles. The van der Waals surface area contributed by atoms with Crippen LogP contribution in [0.4, 0.5) is 0 Å². The Balaban J connectivity index is 2.30. The first-order valence-corrected chi connectivity index (χ1v) is 9.10. The lowest BCUT2D eigenvalue weighted by molar-refractivity contribution is -0.144. The van der Waals surface area contributed by atoms with E-state index in [2.05, 4.69) is 0 Å². The lowest BCUT2D eigenvalue weighted by atomic mass is 9.89. The Kier molecular flexibility index (Phi) is 7.39. The Morgan fingerprint density at radius 2 is 1.42 bits per heavy atom. The SMILES string of the molecule is CCOC(=O)CCN(C(=O)C(c1ccccc1)c1ccccc1)C(C)C. The minimum atomic E-state index is -0.387. The Morgan fingerprint density at radius 1 is 0.923 bits per heavy atom. The molecule has 4 heteroatoms. The molecule has 26 heavy (non-hydrogen) atoms. The van der Waals surface area contributed by atoms with Crippen LogP contribution in [0.3, 0.4) is 0 Å². The fraction of sp³-hybridized carbons (Fsp3) is 0.364. The maximum absolute atomic E-state index is 13.4. The molecule has 0 spiro atoms. The monoisotopic (exact) mass is 353 g/mol. The van der Waals surface area contributed by atoms with E-state index < -0.39 is 0 Å². The van der Waals surface area contributed by atoms with Crippen molar-refractivity contribution in [3.05, 3.63) is 71.8 Å². The van der Waals surface area contributed by atoms with Gasteiger partial charge in [-0.05, 0) is 31.9 Å². The molecule has 0 aliphatic heterocycles. The Labute approximate surface area is 155 Å². The van der Waals surface area contributed by atoms with E-state index in [4.69, 9.17) is 4.74 Å². The number of ether oxygens (including phenoxy) is 1. The number of rotatable bonds is 8. The van der Waals surface area contributed by atoms with E-state index in [0.29, 0.717) is 13.2 Å². The van der Waals surface area contributed by atoms with Crippen LogP contribution in [0, 0.1) is 0 Å². The van der Waals surface area contributed by atoms with Crippen molar-refractivity contribution in [3.63, 3.8) is 0 Å². The zero-order valence-corrected chi connectivity index (χ0v) is 15.7. The molecular formula is C22H27NO3. The maximum Gasteiger partial charge on any atom is 0.307 e. The fourth-order valence-corrected chi connectivity index (χ4v) is 3.00. The minimum Gasteiger partial charge on any atom is -0.466 e. The molecule has 0 N–H and O–H groups in total. The first kappa shape index (κ1) is 19.7. The van der Waals surface area contributed by atoms with E-state index >= 15 is 0 Å². The summed E-state index contributed by atoms with van der Waals surface area (Å²) in [6.45, 7) is 6.42. The first-order valence-electron chi connectivity index (χ1n) is 9.10. The lowest BCUT2D eigenvalue weighted by Gasteiger charge is -2.31. The van der Waals surface area contributed by atoms with Crippen molar-refractivity contribution < 1.29 is 14.3 Å². The van der Waals surface area contributed by atoms with E-state index in [1.165, 1.54) is 0 Å². The summed E-state index contributed by atoms with van der Waals surface area (Å²) in [6.07, 6.45) is 0.202. The van der Waals surface area contributed by atoms with Crippen LogP contribution in [-0.2, 0) is 14.3 Å². The number of nitrogens with zero attached hydrogens (tertiary/aromatic N) is 1. The highest BCUT2D eigenvalue weighted by Gasteiger charge is 2.29. The highest BCUT2D eigenvalue weighted by molar-refractivity contribution is 5.87. The average molecular weight is 353 g/mol. The quantitative estimate of drug-likeness (QED) is 0.674. The standard InChI is InChI=1S/C22H27NO3/c1-4-26-20(24)15-16-23(17(2)3)22(25)21(18-11-7-5-8-12-18)19-13-9-6-10-14-19/h5-14,17,21H,4,15-16H2,1-3H3. The third kappa shape index (κ3) is 5.19. The van der Waals surface area contributed by atoms with Crippen LogP contribution in [0.15, 0.2) is 60.7 Å². The van der Waals surface area contributed by atoms with Gasteiger partial charge in [0, 0.05) is 12.6 Å². The molecular weight excluding hydrogens is 326 g/mol. The number of carbonyl (C=O) groups excluding carboxylic acids is 2. The number of benzene rings is 2. The summed E-state index contributed by atoms with van der Waals surface area (Å²) < 4.78 is 5.00. The van der Waals surface area contributed by atoms with Gasteiger partial charge in [-0.3, -0.25) is 9.59 Å². The predicted molar refractivity (Wildman–Crippen MR) is 103 cm³/mol. The van der Waals surface area contributed by atoms with Crippen molar-refractivity contribution in [2.75, 3.05) is 13.2 Å². The molecule has 0 unspecified atom stereocenters. The van der Waals surface area contributed by atoms with Crippen molar-refractivity contribution in [1.82, 2.24) is 4.90 Å². The van der Waals surface area contributed by atoms with Crippen molar-refractivity contribution >= 4 is 11.9 Å². The van der Waals surface area contributed by atoms with E-state index in [-0.39, 0.29) is 30.3 Å². The van der Waals surface area contributed by atoms with Gasteiger partial charge in [0.05, 0.1) is 18.9 Å². The summed E-state index contributed by atoms with van der Waals surface area (Å²) in [5, 5.41) is 0. The summed E-state index contributed by atoms with van der Waals surface area (Å²) >= 11 is 0. The molecule has 0 aliphatic carbocycles. The fourth-order valence-electron chi connectivity index (χ4n) is 3.00. The van der Waals surface area contributed by atoms with Crippen molar-refractivity contribution in [3.8, 4) is 0 Å². The summed E-state index contributed by atoms with van der Waals surface area (Å²) in [5.41, 5.74) is 1.90. The summed E-state index contributed by atoms with van der Waals surface area (Å²) in [6, 6.07) is 19.5. The summed E-state index contributed by atoms with van der Waals surface area (Å²) in [7, 11) is 0. The van der Waals surface area contributed by atoms with Gasteiger partial charge in [0.1, 0.15) is 0 Å². The molecule has 1 amide bonds. The molecule has 0 saturated carbocycles. The summed E-state index contributed by atoms with van der Waals surface area (Å²) in [5.74, 6) is -0.661. The molecule has 0 aromatic heterocycles. The largest absolute Gasteiger partial charge is 0.466 e. The molecule has 0 atom stereocenters. The van der Waals surface area contributed by atoms with Gasteiger partial charge < -0.3 is 9.64 Å². The molecule has 138 valence electrons. The maximum atomic E-state index is 13.4. The van der Waals surface area contributed by atoms with E-state index in [0.717, 1.165) is 11.1 Å². The van der Waals surface area contributed by atoms with Gasteiger partial charge in [0.15, 0.2) is 0 Å². The highest BCUT2D eigenvalue weighted by Crippen LogP contribution is 2.27. The molecule has 0 bridgehead atoms. The van der Waals surface area contributed by atoms with E-state index in [9.17, 15) is 9.59 Å². The van der Waals surface area contributed by atoms with Crippen molar-refractivity contribution in [2.45, 2.75) is 39.2 Å². The third-order valence-electron chi connectivity index (χ3n) is 4.28. The van der Waals surface area contributed by atoms with Gasteiger partial charge >= 0.3 is 5.97 Å². The van der Waals surface area contributed by atoms with Gasteiger partial charge in [-0.2, -0.15) is 0 Å². The molecule has 2 aromatic rings. The van der Waals surface area contributed by atoms with Crippen molar-refractivity contribution in [2.24, 2.45) is 0 Å². The second-order valence-corrected chi connectivity index (χ2v) is 6.43. The van der Waals surface area contributed by atoms with Gasteiger partial charge in [0.25, 0.3) is 0 Å². The number of hydrogen-bond donors (Lipinski definition) is 0. The molecule has 0 heterocycles. The van der Waals surface area contributed by atoms with Crippen LogP contribution in [0.5, 0.6) is 0 Å². The number of esters is 1. The second kappa shape index (κ2) is 9.76. The van der Waals surface area contributed by atoms with Crippen LogP contribution in [0.1, 0.15) is 44.2 Å². The average Bonchev–Trinajstić information content (AvgIpc) is 2.64. The predicted octanol–water partition coefficient (Wildman–Crippen LogP) is 4.01. The topological polar surface area (TPSA) is 46.6 Å². The number of carbonyl (C=O) groups is 2. The van der Waals surface area contributed by atoms with E-state index in [1.54, 1.807) is 11.8 Å². The highest BCUT2D eigenvalue weighted by atomic mass is 16.5. The molecule has 0 radical (unpaired) electrons. The molecule has 2 aromatic carbocycles. The minimum absolute atomic E-state index is 0.00157. The van der Waals surface area contributed by atoms with Crippen molar-refractivity contribution in [1.29, 1.82) is 0 Å². The van der Waals surface area contributed by atoms with Gasteiger partial charge in [0.2, 0.25) is 5.91 Å². The molecule has 0 aliphatic rings. The number of hydrogen-bond acceptors (Lipinski definition) is 3. The number of amides is 1. The van der Waals surface area contributed by atoms with Crippen LogP contribution >= 0.6 is 0 Å². The van der Waals surface area contributed by atoms with Gasteiger partial charge in [-0.25, -0.2) is 0 Å². The van der Waals surface area contributed by atoms with Crippen LogP contribution in [-0.4, -0.2) is 36.0 Å². The van der Waals surface area contributed by atoms with Crippen LogP contribution in [0.2, 0.25) is 0 Å². The first-order chi connectivity index (χ1) is 12.5. The normalized spacial score (nSPS) is 10.8. The smallest absolute Gasteiger partial charge is 0.307 e. The molecule has 4 nitrogen and oxygen atoms in total. The second-order valence-electron chi connectivity index (χ2n) is 6.43. The molecule has 0 fully saturated rings. The zero-order chi connectivity index (χ0) is 18.9. The Hall–Kier alpha value is -2.62. The van der Waals surface area contributed by atoms with Gasteiger partial charge in [-0.1, -0.05) is 60.7 Å². The van der Waals surface area contributed by atoms with Gasteiger partial charge in [-0.15, -0.1) is 0 Å². The third-order valence-corrected chi connectivity index (χ3v) is 4.28. The zero-order valence-electron chi connectivity index (χ0n) is 15.7. The van der Waals surface area contributed by atoms with E-state index in [1.807, 2.05) is 74.5 Å². The Morgan fingerprint density at radius 3 is 1.85 bits per heavy atom. The Bertz CT molecular complexity index is 658. The van der Waals surface area contributed by atoms with Crippen LogP contribution < -0.4 is 0 Å². The molecule has 2 rings (SSSR count). The lowest BCUT2D eigenvalue weighted by Crippen LogP contribution is -2.41. The van der Waals surface area contributed by atoms with Crippen LogP contribution in [0.25, 0.3) is 0 Å².